The van der Waals surface area contributed by atoms with Gasteiger partial charge >= 0.3 is 5.97 Å². The predicted molar refractivity (Wildman–Crippen MR) is 66.2 cm³/mol. The van der Waals surface area contributed by atoms with Crippen LogP contribution >= 0.6 is 11.3 Å². The van der Waals surface area contributed by atoms with E-state index in [9.17, 15) is 9.59 Å². The number of amides is 1. The third-order valence-corrected chi connectivity index (χ3v) is 3.34. The monoisotopic (exact) mass is 281 g/mol. The molecule has 0 aliphatic carbocycles. The highest BCUT2D eigenvalue weighted by atomic mass is 32.1. The van der Waals surface area contributed by atoms with Crippen molar-refractivity contribution in [2.45, 2.75) is 6.92 Å². The fourth-order valence-corrected chi connectivity index (χ4v) is 2.13. The van der Waals surface area contributed by atoms with Crippen LogP contribution in [0.25, 0.3) is 5.69 Å². The summed E-state index contributed by atoms with van der Waals surface area (Å²) < 4.78 is 1.38. The lowest BCUT2D eigenvalue weighted by atomic mass is 10.2. The molecule has 1 atom stereocenters. The Labute approximate surface area is 112 Å². The number of hydrogen-bond acceptors (Lipinski definition) is 6. The van der Waals surface area contributed by atoms with Crippen molar-refractivity contribution in [3.8, 4) is 5.69 Å². The standard InChI is InChI=1S/C10H11N5O3S/c1-6(10(17)18)4-11-9(16)8-7(2-3-19-8)15-5-12-13-14-15/h2-3,5-6H,4H2,1H3,(H,11,16)(H,17,18). The van der Waals surface area contributed by atoms with Crippen LogP contribution in [0.4, 0.5) is 0 Å². The van der Waals surface area contributed by atoms with Gasteiger partial charge in [0, 0.05) is 6.54 Å². The van der Waals surface area contributed by atoms with Crippen molar-refractivity contribution in [3.05, 3.63) is 22.7 Å². The molecule has 1 amide bonds. The van der Waals surface area contributed by atoms with Gasteiger partial charge in [-0.2, -0.15) is 4.68 Å². The summed E-state index contributed by atoms with van der Waals surface area (Å²) in [5, 5.41) is 23.8. The van der Waals surface area contributed by atoms with Gasteiger partial charge in [0.1, 0.15) is 11.2 Å². The van der Waals surface area contributed by atoms with Gasteiger partial charge in [-0.25, -0.2) is 0 Å². The van der Waals surface area contributed by atoms with E-state index >= 15 is 0 Å². The minimum Gasteiger partial charge on any atom is -0.481 e. The number of carboxylic acids is 1. The van der Waals surface area contributed by atoms with E-state index in [2.05, 4.69) is 20.8 Å². The van der Waals surface area contributed by atoms with Crippen molar-refractivity contribution in [3.63, 3.8) is 0 Å². The fraction of sp³-hybridized carbons (Fsp3) is 0.300. The Hall–Kier alpha value is -2.29. The van der Waals surface area contributed by atoms with Crippen LogP contribution in [0.2, 0.25) is 0 Å². The molecule has 2 aromatic heterocycles. The number of thiophene rings is 1. The Bertz CT molecular complexity index is 580. The van der Waals surface area contributed by atoms with Crippen molar-refractivity contribution in [1.82, 2.24) is 25.5 Å². The summed E-state index contributed by atoms with van der Waals surface area (Å²) in [7, 11) is 0. The van der Waals surface area contributed by atoms with Crippen LogP contribution in [0, 0.1) is 5.92 Å². The van der Waals surface area contributed by atoms with Crippen molar-refractivity contribution in [1.29, 1.82) is 0 Å². The average molecular weight is 281 g/mol. The van der Waals surface area contributed by atoms with Crippen molar-refractivity contribution < 1.29 is 14.7 Å². The molecule has 100 valence electrons. The molecule has 2 N–H and O–H groups in total. The van der Waals surface area contributed by atoms with E-state index < -0.39 is 11.9 Å². The molecule has 0 aromatic carbocycles. The molecule has 8 nitrogen and oxygen atoms in total. The summed E-state index contributed by atoms with van der Waals surface area (Å²) in [4.78, 5) is 23.1. The Morgan fingerprint density at radius 1 is 1.58 bits per heavy atom. The third kappa shape index (κ3) is 2.94. The minimum atomic E-state index is -0.952. The highest BCUT2D eigenvalue weighted by molar-refractivity contribution is 7.12. The molecule has 9 heteroatoms. The van der Waals surface area contributed by atoms with Gasteiger partial charge in [-0.3, -0.25) is 9.59 Å². The average Bonchev–Trinajstić information content (AvgIpc) is 3.04. The van der Waals surface area contributed by atoms with E-state index in [1.807, 2.05) is 0 Å². The molecular formula is C10H11N5O3S. The van der Waals surface area contributed by atoms with E-state index in [-0.39, 0.29) is 12.5 Å². The molecule has 0 radical (unpaired) electrons. The van der Waals surface area contributed by atoms with Crippen LogP contribution in [0.5, 0.6) is 0 Å². The number of aromatic nitrogens is 4. The number of tetrazole rings is 1. The predicted octanol–water partition coefficient (Wildman–Crippen LogP) is 0.174. The molecular weight excluding hydrogens is 270 g/mol. The number of carbonyl (C=O) groups excluding carboxylic acids is 1. The molecule has 0 bridgehead atoms. The number of aliphatic carboxylic acids is 1. The largest absolute Gasteiger partial charge is 0.481 e. The van der Waals surface area contributed by atoms with Crippen LogP contribution in [0.3, 0.4) is 0 Å². The number of nitrogens with one attached hydrogen (secondary N) is 1. The Kier molecular flexibility index (Phi) is 3.85. The maximum Gasteiger partial charge on any atom is 0.308 e. The first-order valence-corrected chi connectivity index (χ1v) is 6.29. The lowest BCUT2D eigenvalue weighted by Gasteiger charge is -2.08. The molecule has 1 unspecified atom stereocenters. The summed E-state index contributed by atoms with van der Waals surface area (Å²) in [6.45, 7) is 1.60. The lowest BCUT2D eigenvalue weighted by Crippen LogP contribution is -2.31. The smallest absolute Gasteiger partial charge is 0.308 e. The summed E-state index contributed by atoms with van der Waals surface area (Å²) in [6.07, 6.45) is 1.39. The number of hydrogen-bond donors (Lipinski definition) is 2. The number of rotatable bonds is 5. The van der Waals surface area contributed by atoms with Crippen molar-refractivity contribution in [2.75, 3.05) is 6.54 Å². The number of carboxylic acid groups (broad SMARTS) is 1. The van der Waals surface area contributed by atoms with E-state index in [4.69, 9.17) is 5.11 Å². The van der Waals surface area contributed by atoms with Crippen LogP contribution in [0.15, 0.2) is 17.8 Å². The number of carbonyl (C=O) groups is 2. The van der Waals surface area contributed by atoms with E-state index in [1.165, 1.54) is 29.3 Å². The van der Waals surface area contributed by atoms with Gasteiger partial charge in [0.25, 0.3) is 5.91 Å². The van der Waals surface area contributed by atoms with Crippen LogP contribution in [-0.4, -0.2) is 43.7 Å². The van der Waals surface area contributed by atoms with Crippen LogP contribution in [-0.2, 0) is 4.79 Å². The maximum atomic E-state index is 12.0. The molecule has 2 rings (SSSR count). The first-order valence-electron chi connectivity index (χ1n) is 5.41. The minimum absolute atomic E-state index is 0.0705. The zero-order valence-electron chi connectivity index (χ0n) is 9.98. The highest BCUT2D eigenvalue weighted by Gasteiger charge is 2.17. The van der Waals surface area contributed by atoms with Gasteiger partial charge < -0.3 is 10.4 Å². The summed E-state index contributed by atoms with van der Waals surface area (Å²) in [5.74, 6) is -1.93. The summed E-state index contributed by atoms with van der Waals surface area (Å²) in [5.41, 5.74) is 0.565. The van der Waals surface area contributed by atoms with Gasteiger partial charge in [0.05, 0.1) is 11.6 Å². The zero-order valence-corrected chi connectivity index (χ0v) is 10.8. The lowest BCUT2D eigenvalue weighted by molar-refractivity contribution is -0.140. The van der Waals surface area contributed by atoms with Gasteiger partial charge in [-0.15, -0.1) is 16.4 Å². The SMILES string of the molecule is CC(CNC(=O)c1sccc1-n1cnnn1)C(=O)O. The number of nitrogens with zero attached hydrogens (tertiary/aromatic N) is 4. The van der Waals surface area contributed by atoms with Gasteiger partial charge in [-0.05, 0) is 21.9 Å². The van der Waals surface area contributed by atoms with E-state index in [0.717, 1.165) is 0 Å². The molecule has 2 aromatic rings. The zero-order chi connectivity index (χ0) is 13.8. The van der Waals surface area contributed by atoms with Crippen molar-refractivity contribution in [2.24, 2.45) is 5.92 Å². The second-order valence-corrected chi connectivity index (χ2v) is 4.75. The fourth-order valence-electron chi connectivity index (χ4n) is 1.34. The first-order chi connectivity index (χ1) is 9.09. The molecule has 0 aliphatic heterocycles. The van der Waals surface area contributed by atoms with Crippen molar-refractivity contribution >= 4 is 23.2 Å². The summed E-state index contributed by atoms with van der Waals surface area (Å²) >= 11 is 1.24. The molecule has 0 aliphatic rings. The third-order valence-electron chi connectivity index (χ3n) is 2.44. The first kappa shape index (κ1) is 13.1. The second-order valence-electron chi connectivity index (χ2n) is 3.84. The molecule has 2 heterocycles. The topological polar surface area (TPSA) is 110 Å². The summed E-state index contributed by atoms with van der Waals surface area (Å²) in [6, 6.07) is 1.72. The quantitative estimate of drug-likeness (QED) is 0.808. The Morgan fingerprint density at radius 3 is 3.00 bits per heavy atom. The molecule has 0 saturated carbocycles. The molecule has 0 spiro atoms. The van der Waals surface area contributed by atoms with Gasteiger partial charge in [-0.1, -0.05) is 6.92 Å². The molecule has 0 fully saturated rings. The van der Waals surface area contributed by atoms with E-state index in [1.54, 1.807) is 11.4 Å². The van der Waals surface area contributed by atoms with Gasteiger partial charge in [0.15, 0.2) is 0 Å². The maximum absolute atomic E-state index is 12.0. The Morgan fingerprint density at radius 2 is 2.37 bits per heavy atom. The van der Waals surface area contributed by atoms with Crippen LogP contribution in [0.1, 0.15) is 16.6 Å². The Balaban J connectivity index is 2.08. The normalized spacial score (nSPS) is 12.1. The van der Waals surface area contributed by atoms with Crippen LogP contribution < -0.4 is 5.32 Å². The van der Waals surface area contributed by atoms with Gasteiger partial charge in [0.2, 0.25) is 0 Å². The molecule has 0 saturated heterocycles. The van der Waals surface area contributed by atoms with E-state index in [0.29, 0.717) is 10.6 Å². The molecule has 19 heavy (non-hydrogen) atoms. The highest BCUT2D eigenvalue weighted by Crippen LogP contribution is 2.19. The second kappa shape index (κ2) is 5.57.